The third-order valence-electron chi connectivity index (χ3n) is 2.57. The Morgan fingerprint density at radius 2 is 2.33 bits per heavy atom. The van der Waals surface area contributed by atoms with E-state index in [1.807, 2.05) is 12.1 Å². The zero-order valence-electron chi connectivity index (χ0n) is 6.92. The normalized spacial score (nSPS) is 33.4. The van der Waals surface area contributed by atoms with E-state index in [-0.39, 0.29) is 5.54 Å². The lowest BCUT2D eigenvalue weighted by molar-refractivity contribution is 0.641. The maximum absolute atomic E-state index is 6.06. The van der Waals surface area contributed by atoms with Crippen LogP contribution in [0, 0.1) is 5.92 Å². The molecule has 1 aromatic rings. The van der Waals surface area contributed by atoms with E-state index in [0.717, 1.165) is 12.1 Å². The summed E-state index contributed by atoms with van der Waals surface area (Å²) in [6.45, 7) is 2.14. The molecule has 1 saturated carbocycles. The molecule has 0 radical (unpaired) electrons. The maximum Gasteiger partial charge on any atom is 0.0613 e. The van der Waals surface area contributed by atoms with Gasteiger partial charge < -0.3 is 5.73 Å². The van der Waals surface area contributed by atoms with Crippen LogP contribution in [0.4, 0.5) is 0 Å². The summed E-state index contributed by atoms with van der Waals surface area (Å²) < 4.78 is 0. The van der Waals surface area contributed by atoms with Crippen LogP contribution in [0.1, 0.15) is 19.0 Å². The molecule has 1 aliphatic rings. The van der Waals surface area contributed by atoms with Crippen molar-refractivity contribution in [3.05, 3.63) is 29.0 Å². The van der Waals surface area contributed by atoms with Crippen molar-refractivity contribution in [3.63, 3.8) is 0 Å². The highest BCUT2D eigenvalue weighted by Gasteiger charge is 2.50. The monoisotopic (exact) mass is 182 g/mol. The van der Waals surface area contributed by atoms with Gasteiger partial charge in [-0.3, -0.25) is 4.98 Å². The molecule has 1 aromatic heterocycles. The molecule has 2 atom stereocenters. The summed E-state index contributed by atoms with van der Waals surface area (Å²) in [5.41, 5.74) is 6.84. The molecule has 0 aliphatic heterocycles. The molecule has 2 rings (SSSR count). The minimum Gasteiger partial charge on any atom is -0.320 e. The standard InChI is InChI=1S/C9H11ClN2/c1-6-4-9(6,11)8-3-2-7(10)5-12-8/h2-3,5-6H,4,11H2,1H3. The van der Waals surface area contributed by atoms with E-state index < -0.39 is 0 Å². The van der Waals surface area contributed by atoms with Crippen LogP contribution in [0.15, 0.2) is 18.3 Å². The SMILES string of the molecule is CC1CC1(N)c1ccc(Cl)cn1. The molecule has 2 unspecified atom stereocenters. The highest BCUT2D eigenvalue weighted by atomic mass is 35.5. The Bertz CT molecular complexity index is 296. The Kier molecular flexibility index (Phi) is 1.63. The van der Waals surface area contributed by atoms with Gasteiger partial charge in [-0.25, -0.2) is 0 Å². The maximum atomic E-state index is 6.06. The minimum atomic E-state index is -0.176. The number of pyridine rings is 1. The van der Waals surface area contributed by atoms with Gasteiger partial charge in [0, 0.05) is 6.20 Å². The van der Waals surface area contributed by atoms with Crippen molar-refractivity contribution in [3.8, 4) is 0 Å². The van der Waals surface area contributed by atoms with Gasteiger partial charge in [0.2, 0.25) is 0 Å². The fourth-order valence-electron chi connectivity index (χ4n) is 1.46. The quantitative estimate of drug-likeness (QED) is 0.721. The van der Waals surface area contributed by atoms with Gasteiger partial charge in [0.25, 0.3) is 0 Å². The van der Waals surface area contributed by atoms with Crippen LogP contribution in [0.25, 0.3) is 0 Å². The van der Waals surface area contributed by atoms with Crippen LogP contribution in [0.3, 0.4) is 0 Å². The van der Waals surface area contributed by atoms with Crippen LogP contribution < -0.4 is 5.73 Å². The summed E-state index contributed by atoms with van der Waals surface area (Å²) in [6, 6.07) is 3.75. The van der Waals surface area contributed by atoms with Gasteiger partial charge in [-0.1, -0.05) is 18.5 Å². The number of hydrogen-bond donors (Lipinski definition) is 1. The third kappa shape index (κ3) is 1.11. The summed E-state index contributed by atoms with van der Waals surface area (Å²) in [4.78, 5) is 4.21. The zero-order chi connectivity index (χ0) is 8.77. The summed E-state index contributed by atoms with van der Waals surface area (Å²) in [6.07, 6.45) is 2.68. The molecule has 1 fully saturated rings. The van der Waals surface area contributed by atoms with Crippen LogP contribution >= 0.6 is 11.6 Å². The fraction of sp³-hybridized carbons (Fsp3) is 0.444. The molecule has 2 N–H and O–H groups in total. The van der Waals surface area contributed by atoms with Crippen molar-refractivity contribution in [1.82, 2.24) is 4.98 Å². The number of nitrogens with two attached hydrogens (primary N) is 1. The third-order valence-corrected chi connectivity index (χ3v) is 2.79. The second-order valence-corrected chi connectivity index (χ2v) is 3.94. The van der Waals surface area contributed by atoms with Gasteiger partial charge in [0.05, 0.1) is 16.3 Å². The molecule has 1 heterocycles. The molecule has 12 heavy (non-hydrogen) atoms. The number of halogens is 1. The Hall–Kier alpha value is -0.600. The van der Waals surface area contributed by atoms with Gasteiger partial charge in [0.15, 0.2) is 0 Å². The topological polar surface area (TPSA) is 38.9 Å². The lowest BCUT2D eigenvalue weighted by atomic mass is 10.1. The minimum absolute atomic E-state index is 0.176. The number of hydrogen-bond acceptors (Lipinski definition) is 2. The summed E-state index contributed by atoms with van der Waals surface area (Å²) >= 11 is 5.72. The molecule has 0 spiro atoms. The van der Waals surface area contributed by atoms with E-state index in [1.165, 1.54) is 0 Å². The first kappa shape index (κ1) is 8.02. The van der Waals surface area contributed by atoms with E-state index in [4.69, 9.17) is 17.3 Å². The van der Waals surface area contributed by atoms with Crippen molar-refractivity contribution in [2.24, 2.45) is 11.7 Å². The first-order chi connectivity index (χ1) is 5.63. The van der Waals surface area contributed by atoms with Crippen LogP contribution in [0.5, 0.6) is 0 Å². The zero-order valence-corrected chi connectivity index (χ0v) is 7.67. The molecule has 3 heteroatoms. The van der Waals surface area contributed by atoms with E-state index >= 15 is 0 Å². The molecular weight excluding hydrogens is 172 g/mol. The Labute approximate surface area is 76.7 Å². The average molecular weight is 183 g/mol. The van der Waals surface area contributed by atoms with E-state index in [0.29, 0.717) is 10.9 Å². The Balaban J connectivity index is 2.31. The van der Waals surface area contributed by atoms with Crippen molar-refractivity contribution < 1.29 is 0 Å². The van der Waals surface area contributed by atoms with Crippen molar-refractivity contribution in [2.75, 3.05) is 0 Å². The van der Waals surface area contributed by atoms with Crippen molar-refractivity contribution in [2.45, 2.75) is 18.9 Å². The van der Waals surface area contributed by atoms with Crippen LogP contribution in [-0.2, 0) is 5.54 Å². The van der Waals surface area contributed by atoms with Gasteiger partial charge in [-0.15, -0.1) is 0 Å². The molecule has 0 amide bonds. The van der Waals surface area contributed by atoms with Crippen molar-refractivity contribution >= 4 is 11.6 Å². The first-order valence-electron chi connectivity index (χ1n) is 4.04. The van der Waals surface area contributed by atoms with Gasteiger partial charge in [-0.05, 0) is 24.5 Å². The summed E-state index contributed by atoms with van der Waals surface area (Å²) in [5.74, 6) is 0.547. The Morgan fingerprint density at radius 1 is 1.67 bits per heavy atom. The average Bonchev–Trinajstić information content (AvgIpc) is 2.62. The second kappa shape index (κ2) is 2.44. The summed E-state index contributed by atoms with van der Waals surface area (Å²) in [5, 5.41) is 0.663. The molecule has 2 nitrogen and oxygen atoms in total. The van der Waals surface area contributed by atoms with E-state index in [9.17, 15) is 0 Å². The summed E-state index contributed by atoms with van der Waals surface area (Å²) in [7, 11) is 0. The molecule has 1 aliphatic carbocycles. The highest BCUT2D eigenvalue weighted by Crippen LogP contribution is 2.48. The van der Waals surface area contributed by atoms with E-state index in [2.05, 4.69) is 11.9 Å². The second-order valence-electron chi connectivity index (χ2n) is 3.51. The van der Waals surface area contributed by atoms with E-state index in [1.54, 1.807) is 6.20 Å². The first-order valence-corrected chi connectivity index (χ1v) is 4.41. The molecule has 0 saturated heterocycles. The van der Waals surface area contributed by atoms with Crippen LogP contribution in [-0.4, -0.2) is 4.98 Å². The molecule has 64 valence electrons. The smallest absolute Gasteiger partial charge is 0.0613 e. The Morgan fingerprint density at radius 3 is 2.75 bits per heavy atom. The largest absolute Gasteiger partial charge is 0.320 e. The van der Waals surface area contributed by atoms with Crippen LogP contribution in [0.2, 0.25) is 5.02 Å². The number of aromatic nitrogens is 1. The van der Waals surface area contributed by atoms with Gasteiger partial charge in [0.1, 0.15) is 0 Å². The lowest BCUT2D eigenvalue weighted by Gasteiger charge is -2.08. The van der Waals surface area contributed by atoms with Gasteiger partial charge >= 0.3 is 0 Å². The van der Waals surface area contributed by atoms with Crippen molar-refractivity contribution in [1.29, 1.82) is 0 Å². The highest BCUT2D eigenvalue weighted by molar-refractivity contribution is 6.30. The van der Waals surface area contributed by atoms with Gasteiger partial charge in [-0.2, -0.15) is 0 Å². The number of nitrogens with zero attached hydrogens (tertiary/aromatic N) is 1. The molecular formula is C9H11ClN2. The molecule has 0 aromatic carbocycles. The predicted octanol–water partition coefficient (Wildman–Crippen LogP) is 1.93. The number of rotatable bonds is 1. The predicted molar refractivity (Wildman–Crippen MR) is 48.9 cm³/mol. The lowest BCUT2D eigenvalue weighted by Crippen LogP contribution is -2.22. The fourth-order valence-corrected chi connectivity index (χ4v) is 1.57. The molecule has 0 bridgehead atoms.